The SMILES string of the molecule is CC(C)Cc1ccc(CCN(C)C(C)(C)CN)cc1. The number of hydrogen-bond acceptors (Lipinski definition) is 2. The Bertz CT molecular complexity index is 365. The molecule has 0 aliphatic heterocycles. The molecule has 0 amide bonds. The van der Waals surface area contributed by atoms with Gasteiger partial charge in [0.05, 0.1) is 0 Å². The Kier molecular flexibility index (Phi) is 6.02. The number of likely N-dealkylation sites (N-methyl/N-ethyl adjacent to an activating group) is 1. The molecule has 0 unspecified atom stereocenters. The molecule has 0 atom stereocenters. The Hall–Kier alpha value is -0.860. The van der Waals surface area contributed by atoms with E-state index in [-0.39, 0.29) is 5.54 Å². The summed E-state index contributed by atoms with van der Waals surface area (Å²) in [5.74, 6) is 0.724. The smallest absolute Gasteiger partial charge is 0.0272 e. The van der Waals surface area contributed by atoms with Crippen LogP contribution in [0.15, 0.2) is 24.3 Å². The van der Waals surface area contributed by atoms with E-state index in [0.717, 1.165) is 18.9 Å². The Morgan fingerprint density at radius 3 is 2.11 bits per heavy atom. The van der Waals surface area contributed by atoms with Gasteiger partial charge in [-0.2, -0.15) is 0 Å². The first kappa shape index (κ1) is 16.2. The second-order valence-electron chi connectivity index (χ2n) is 6.60. The van der Waals surface area contributed by atoms with Crippen LogP contribution in [0, 0.1) is 5.92 Å². The predicted octanol–water partition coefficient (Wildman–Crippen LogP) is 3.10. The summed E-state index contributed by atoms with van der Waals surface area (Å²) in [6.07, 6.45) is 2.25. The van der Waals surface area contributed by atoms with Crippen molar-refractivity contribution in [3.8, 4) is 0 Å². The number of nitrogens with two attached hydrogens (primary N) is 1. The van der Waals surface area contributed by atoms with Crippen LogP contribution in [-0.4, -0.2) is 30.6 Å². The average Bonchev–Trinajstić information content (AvgIpc) is 2.36. The third kappa shape index (κ3) is 5.33. The normalized spacial score (nSPS) is 12.4. The molecule has 2 heteroatoms. The number of rotatable bonds is 7. The van der Waals surface area contributed by atoms with E-state index in [9.17, 15) is 0 Å². The third-order valence-electron chi connectivity index (χ3n) is 3.94. The Balaban J connectivity index is 2.50. The topological polar surface area (TPSA) is 29.3 Å². The lowest BCUT2D eigenvalue weighted by Gasteiger charge is -2.34. The van der Waals surface area contributed by atoms with Gasteiger partial charge in [0.1, 0.15) is 0 Å². The quantitative estimate of drug-likeness (QED) is 0.818. The van der Waals surface area contributed by atoms with E-state index >= 15 is 0 Å². The molecule has 0 heterocycles. The average molecular weight is 262 g/mol. The van der Waals surface area contributed by atoms with Gasteiger partial charge in [-0.1, -0.05) is 38.1 Å². The van der Waals surface area contributed by atoms with Gasteiger partial charge in [-0.05, 0) is 50.8 Å². The molecule has 0 saturated carbocycles. The van der Waals surface area contributed by atoms with Gasteiger partial charge in [-0.3, -0.25) is 4.90 Å². The fraction of sp³-hybridized carbons (Fsp3) is 0.647. The van der Waals surface area contributed by atoms with Crippen LogP contribution in [0.1, 0.15) is 38.8 Å². The maximum Gasteiger partial charge on any atom is 0.0272 e. The number of benzene rings is 1. The van der Waals surface area contributed by atoms with Crippen molar-refractivity contribution in [3.63, 3.8) is 0 Å². The Morgan fingerprint density at radius 2 is 1.63 bits per heavy atom. The van der Waals surface area contributed by atoms with Crippen molar-refractivity contribution < 1.29 is 0 Å². The lowest BCUT2D eigenvalue weighted by molar-refractivity contribution is 0.166. The molecular formula is C17H30N2. The first-order valence-corrected chi connectivity index (χ1v) is 7.34. The molecule has 0 aliphatic carbocycles. The largest absolute Gasteiger partial charge is 0.329 e. The van der Waals surface area contributed by atoms with E-state index < -0.39 is 0 Å². The summed E-state index contributed by atoms with van der Waals surface area (Å²) in [4.78, 5) is 2.34. The van der Waals surface area contributed by atoms with Crippen molar-refractivity contribution in [2.24, 2.45) is 11.7 Å². The fourth-order valence-corrected chi connectivity index (χ4v) is 2.07. The Morgan fingerprint density at radius 1 is 1.11 bits per heavy atom. The van der Waals surface area contributed by atoms with Gasteiger partial charge in [0.15, 0.2) is 0 Å². The van der Waals surface area contributed by atoms with Crippen molar-refractivity contribution in [2.75, 3.05) is 20.1 Å². The lowest BCUT2D eigenvalue weighted by Crippen LogP contribution is -2.47. The number of nitrogens with zero attached hydrogens (tertiary/aromatic N) is 1. The van der Waals surface area contributed by atoms with Crippen LogP contribution in [0.4, 0.5) is 0 Å². The molecule has 0 aliphatic rings. The van der Waals surface area contributed by atoms with Crippen LogP contribution >= 0.6 is 0 Å². The van der Waals surface area contributed by atoms with Crippen LogP contribution in [0.2, 0.25) is 0 Å². The van der Waals surface area contributed by atoms with Crippen LogP contribution in [0.5, 0.6) is 0 Å². The molecule has 0 bridgehead atoms. The minimum atomic E-state index is 0.0809. The molecule has 2 nitrogen and oxygen atoms in total. The summed E-state index contributed by atoms with van der Waals surface area (Å²) in [6.45, 7) is 10.7. The zero-order chi connectivity index (χ0) is 14.5. The molecule has 0 radical (unpaired) electrons. The molecule has 0 fully saturated rings. The van der Waals surface area contributed by atoms with Crippen molar-refractivity contribution in [1.82, 2.24) is 4.90 Å². The van der Waals surface area contributed by atoms with E-state index in [1.807, 2.05) is 0 Å². The fourth-order valence-electron chi connectivity index (χ4n) is 2.07. The van der Waals surface area contributed by atoms with E-state index in [1.54, 1.807) is 0 Å². The maximum absolute atomic E-state index is 5.80. The van der Waals surface area contributed by atoms with E-state index in [2.05, 4.69) is 63.9 Å². The first-order valence-electron chi connectivity index (χ1n) is 7.34. The van der Waals surface area contributed by atoms with Crippen molar-refractivity contribution in [2.45, 2.75) is 46.1 Å². The van der Waals surface area contributed by atoms with Crippen molar-refractivity contribution in [3.05, 3.63) is 35.4 Å². The van der Waals surface area contributed by atoms with E-state index in [0.29, 0.717) is 6.54 Å². The standard InChI is InChI=1S/C17H30N2/c1-14(2)12-16-8-6-15(7-9-16)10-11-19(5)17(3,4)13-18/h6-9,14H,10-13,18H2,1-5H3. The van der Waals surface area contributed by atoms with Crippen LogP contribution in [-0.2, 0) is 12.8 Å². The zero-order valence-corrected chi connectivity index (χ0v) is 13.2. The molecule has 1 aromatic rings. The minimum absolute atomic E-state index is 0.0809. The Labute approximate surface area is 119 Å². The summed E-state index contributed by atoms with van der Waals surface area (Å²) in [5, 5.41) is 0. The highest BCUT2D eigenvalue weighted by atomic mass is 15.2. The molecule has 1 aromatic carbocycles. The van der Waals surface area contributed by atoms with Gasteiger partial charge in [0.2, 0.25) is 0 Å². The summed E-state index contributed by atoms with van der Waals surface area (Å²) in [7, 11) is 2.15. The molecule has 1 rings (SSSR count). The summed E-state index contributed by atoms with van der Waals surface area (Å²) < 4.78 is 0. The number of hydrogen-bond donors (Lipinski definition) is 1. The van der Waals surface area contributed by atoms with Crippen LogP contribution in [0.3, 0.4) is 0 Å². The first-order chi connectivity index (χ1) is 8.85. The van der Waals surface area contributed by atoms with Gasteiger partial charge in [0, 0.05) is 18.6 Å². The minimum Gasteiger partial charge on any atom is -0.329 e. The summed E-state index contributed by atoms with van der Waals surface area (Å²) in [6, 6.07) is 9.06. The summed E-state index contributed by atoms with van der Waals surface area (Å²) >= 11 is 0. The lowest BCUT2D eigenvalue weighted by atomic mass is 10.00. The monoisotopic (exact) mass is 262 g/mol. The highest BCUT2D eigenvalue weighted by Crippen LogP contribution is 2.13. The van der Waals surface area contributed by atoms with Gasteiger partial charge < -0.3 is 5.73 Å². The molecule has 2 N–H and O–H groups in total. The highest BCUT2D eigenvalue weighted by molar-refractivity contribution is 5.23. The summed E-state index contributed by atoms with van der Waals surface area (Å²) in [5.41, 5.74) is 8.73. The van der Waals surface area contributed by atoms with Gasteiger partial charge in [-0.25, -0.2) is 0 Å². The van der Waals surface area contributed by atoms with Crippen molar-refractivity contribution in [1.29, 1.82) is 0 Å². The van der Waals surface area contributed by atoms with Gasteiger partial charge in [-0.15, -0.1) is 0 Å². The highest BCUT2D eigenvalue weighted by Gasteiger charge is 2.20. The molecule has 0 spiro atoms. The third-order valence-corrected chi connectivity index (χ3v) is 3.94. The molecule has 19 heavy (non-hydrogen) atoms. The van der Waals surface area contributed by atoms with Crippen LogP contribution in [0.25, 0.3) is 0 Å². The second-order valence-corrected chi connectivity index (χ2v) is 6.60. The van der Waals surface area contributed by atoms with E-state index in [4.69, 9.17) is 5.73 Å². The zero-order valence-electron chi connectivity index (χ0n) is 13.2. The van der Waals surface area contributed by atoms with Gasteiger partial charge in [0.25, 0.3) is 0 Å². The molecular weight excluding hydrogens is 232 g/mol. The second kappa shape index (κ2) is 7.06. The van der Waals surface area contributed by atoms with Crippen molar-refractivity contribution >= 4 is 0 Å². The molecule has 0 aromatic heterocycles. The maximum atomic E-state index is 5.80. The van der Waals surface area contributed by atoms with E-state index in [1.165, 1.54) is 17.5 Å². The van der Waals surface area contributed by atoms with Gasteiger partial charge >= 0.3 is 0 Å². The van der Waals surface area contributed by atoms with Crippen LogP contribution < -0.4 is 5.73 Å². The predicted molar refractivity (Wildman–Crippen MR) is 84.5 cm³/mol. The molecule has 0 saturated heterocycles. The molecule has 108 valence electrons.